The molecule has 0 aliphatic carbocycles. The molecule has 0 amide bonds. The fraction of sp³-hybridized carbons (Fsp3) is 0.250. The standard InChI is InChI=1S/C16H16ClN3OS/c1-11-6-7-22-16(11)15-9-20(19-18-15)14(10-21)8-12-2-4-13(17)5-3-12/h2-7,9,14,21H,8,10H2,1H3. The first-order valence-electron chi connectivity index (χ1n) is 6.99. The molecule has 0 bridgehead atoms. The van der Waals surface area contributed by atoms with Gasteiger partial charge in [-0.3, -0.25) is 0 Å². The van der Waals surface area contributed by atoms with Gasteiger partial charge in [0.05, 0.1) is 23.7 Å². The molecule has 0 aliphatic heterocycles. The van der Waals surface area contributed by atoms with Crippen LogP contribution < -0.4 is 0 Å². The van der Waals surface area contributed by atoms with E-state index in [0.717, 1.165) is 16.1 Å². The third-order valence-electron chi connectivity index (χ3n) is 3.57. The van der Waals surface area contributed by atoms with Gasteiger partial charge in [-0.2, -0.15) is 0 Å². The molecular weight excluding hydrogens is 318 g/mol. The second kappa shape index (κ2) is 6.60. The van der Waals surface area contributed by atoms with Gasteiger partial charge in [-0.05, 0) is 48.1 Å². The molecule has 6 heteroatoms. The summed E-state index contributed by atoms with van der Waals surface area (Å²) in [4.78, 5) is 1.12. The van der Waals surface area contributed by atoms with Gasteiger partial charge in [-0.15, -0.1) is 16.4 Å². The van der Waals surface area contributed by atoms with Crippen molar-refractivity contribution in [2.45, 2.75) is 19.4 Å². The summed E-state index contributed by atoms with van der Waals surface area (Å²) in [5.74, 6) is 0. The monoisotopic (exact) mass is 333 g/mol. The van der Waals surface area contributed by atoms with Crippen LogP contribution in [0.4, 0.5) is 0 Å². The summed E-state index contributed by atoms with van der Waals surface area (Å²) in [6.45, 7) is 2.07. The van der Waals surface area contributed by atoms with Gasteiger partial charge < -0.3 is 5.11 Å². The smallest absolute Gasteiger partial charge is 0.123 e. The van der Waals surface area contributed by atoms with Crippen LogP contribution in [0.15, 0.2) is 41.9 Å². The van der Waals surface area contributed by atoms with Crippen LogP contribution in [0.3, 0.4) is 0 Å². The van der Waals surface area contributed by atoms with E-state index in [1.54, 1.807) is 16.0 Å². The summed E-state index contributed by atoms with van der Waals surface area (Å²) in [5.41, 5.74) is 3.14. The summed E-state index contributed by atoms with van der Waals surface area (Å²) in [6.07, 6.45) is 2.58. The summed E-state index contributed by atoms with van der Waals surface area (Å²) < 4.78 is 1.74. The minimum Gasteiger partial charge on any atom is -0.394 e. The molecule has 1 atom stereocenters. The first kappa shape index (κ1) is 15.2. The third-order valence-corrected chi connectivity index (χ3v) is 4.87. The number of rotatable bonds is 5. The van der Waals surface area contributed by atoms with Crippen LogP contribution in [0.2, 0.25) is 5.02 Å². The first-order chi connectivity index (χ1) is 10.7. The van der Waals surface area contributed by atoms with Crippen LogP contribution in [0.1, 0.15) is 17.2 Å². The van der Waals surface area contributed by atoms with Crippen molar-refractivity contribution in [2.75, 3.05) is 6.61 Å². The highest BCUT2D eigenvalue weighted by Gasteiger charge is 2.15. The number of aliphatic hydroxyl groups is 1. The Morgan fingerprint density at radius 2 is 2.05 bits per heavy atom. The lowest BCUT2D eigenvalue weighted by molar-refractivity contribution is 0.216. The van der Waals surface area contributed by atoms with Crippen LogP contribution in [0, 0.1) is 6.92 Å². The molecule has 0 radical (unpaired) electrons. The summed E-state index contributed by atoms with van der Waals surface area (Å²) in [6, 6.07) is 9.57. The van der Waals surface area contributed by atoms with Gasteiger partial charge in [-0.1, -0.05) is 28.9 Å². The Balaban J connectivity index is 1.81. The number of aromatic nitrogens is 3. The van der Waals surface area contributed by atoms with Gasteiger partial charge in [0, 0.05) is 5.02 Å². The van der Waals surface area contributed by atoms with E-state index in [2.05, 4.69) is 23.3 Å². The van der Waals surface area contributed by atoms with Crippen molar-refractivity contribution in [1.29, 1.82) is 0 Å². The van der Waals surface area contributed by atoms with Gasteiger partial charge in [0.1, 0.15) is 5.69 Å². The first-order valence-corrected chi connectivity index (χ1v) is 8.24. The Morgan fingerprint density at radius 1 is 1.27 bits per heavy atom. The van der Waals surface area contributed by atoms with Crippen molar-refractivity contribution in [3.05, 3.63) is 58.1 Å². The molecule has 0 saturated heterocycles. The van der Waals surface area contributed by atoms with Crippen molar-refractivity contribution < 1.29 is 5.11 Å². The quantitative estimate of drug-likeness (QED) is 0.773. The zero-order valence-electron chi connectivity index (χ0n) is 12.1. The van der Waals surface area contributed by atoms with E-state index in [0.29, 0.717) is 11.4 Å². The van der Waals surface area contributed by atoms with Crippen molar-refractivity contribution >= 4 is 22.9 Å². The maximum Gasteiger partial charge on any atom is 0.123 e. The molecule has 0 fully saturated rings. The molecule has 0 spiro atoms. The molecule has 4 nitrogen and oxygen atoms in total. The van der Waals surface area contributed by atoms with Crippen LogP contribution in [0.5, 0.6) is 0 Å². The van der Waals surface area contributed by atoms with Crippen molar-refractivity contribution in [1.82, 2.24) is 15.0 Å². The highest BCUT2D eigenvalue weighted by molar-refractivity contribution is 7.13. The van der Waals surface area contributed by atoms with Gasteiger partial charge in [-0.25, -0.2) is 4.68 Å². The third kappa shape index (κ3) is 3.21. The average molecular weight is 334 g/mol. The lowest BCUT2D eigenvalue weighted by Gasteiger charge is -2.14. The second-order valence-corrected chi connectivity index (χ2v) is 6.54. The van der Waals surface area contributed by atoms with E-state index in [1.807, 2.05) is 35.8 Å². The summed E-state index contributed by atoms with van der Waals surface area (Å²) >= 11 is 7.55. The molecule has 2 aromatic heterocycles. The van der Waals surface area contributed by atoms with Crippen molar-refractivity contribution in [3.8, 4) is 10.6 Å². The molecule has 3 rings (SSSR count). The molecule has 114 valence electrons. The molecular formula is C16H16ClN3OS. The van der Waals surface area contributed by atoms with E-state index in [4.69, 9.17) is 11.6 Å². The largest absolute Gasteiger partial charge is 0.394 e. The molecule has 22 heavy (non-hydrogen) atoms. The highest BCUT2D eigenvalue weighted by Crippen LogP contribution is 2.27. The van der Waals surface area contributed by atoms with Crippen LogP contribution >= 0.6 is 22.9 Å². The number of benzene rings is 1. The van der Waals surface area contributed by atoms with E-state index >= 15 is 0 Å². The summed E-state index contributed by atoms with van der Waals surface area (Å²) in [7, 11) is 0. The molecule has 1 aromatic carbocycles. The van der Waals surface area contributed by atoms with Crippen molar-refractivity contribution in [3.63, 3.8) is 0 Å². The minimum absolute atomic E-state index is 0.00878. The number of thiophene rings is 1. The van der Waals surface area contributed by atoms with Crippen molar-refractivity contribution in [2.24, 2.45) is 0 Å². The van der Waals surface area contributed by atoms with E-state index in [1.165, 1.54) is 5.56 Å². The topological polar surface area (TPSA) is 50.9 Å². The zero-order chi connectivity index (χ0) is 15.5. The molecule has 0 aliphatic rings. The second-order valence-electron chi connectivity index (χ2n) is 5.18. The molecule has 2 heterocycles. The van der Waals surface area contributed by atoms with Gasteiger partial charge in [0.2, 0.25) is 0 Å². The van der Waals surface area contributed by atoms with Gasteiger partial charge >= 0.3 is 0 Å². The molecule has 1 unspecified atom stereocenters. The number of aryl methyl sites for hydroxylation is 1. The maximum atomic E-state index is 9.68. The number of nitrogens with zero attached hydrogens (tertiary/aromatic N) is 3. The zero-order valence-corrected chi connectivity index (χ0v) is 13.7. The lowest BCUT2D eigenvalue weighted by Crippen LogP contribution is -2.16. The Bertz CT molecular complexity index is 751. The highest BCUT2D eigenvalue weighted by atomic mass is 35.5. The number of hydrogen-bond acceptors (Lipinski definition) is 4. The Labute approximate surface area is 138 Å². The van der Waals surface area contributed by atoms with Crippen LogP contribution in [0.25, 0.3) is 10.6 Å². The van der Waals surface area contributed by atoms with Crippen LogP contribution in [-0.4, -0.2) is 26.7 Å². The number of hydrogen-bond donors (Lipinski definition) is 1. The fourth-order valence-corrected chi connectivity index (χ4v) is 3.33. The van der Waals surface area contributed by atoms with Crippen LogP contribution in [-0.2, 0) is 6.42 Å². The predicted molar refractivity (Wildman–Crippen MR) is 89.4 cm³/mol. The Hall–Kier alpha value is -1.69. The maximum absolute atomic E-state index is 9.68. The number of halogens is 1. The van der Waals surface area contributed by atoms with Gasteiger partial charge in [0.25, 0.3) is 0 Å². The number of aliphatic hydroxyl groups excluding tert-OH is 1. The Morgan fingerprint density at radius 3 is 2.68 bits per heavy atom. The molecule has 3 aromatic rings. The summed E-state index contributed by atoms with van der Waals surface area (Å²) in [5, 5.41) is 20.8. The van der Waals surface area contributed by atoms with E-state index in [-0.39, 0.29) is 12.6 Å². The predicted octanol–water partition coefficient (Wildman–Crippen LogP) is 3.74. The lowest BCUT2D eigenvalue weighted by atomic mass is 10.1. The molecule has 0 saturated carbocycles. The normalized spacial score (nSPS) is 12.5. The van der Waals surface area contributed by atoms with E-state index in [9.17, 15) is 5.11 Å². The SMILES string of the molecule is Cc1ccsc1-c1cn(C(CO)Cc2ccc(Cl)cc2)nn1. The minimum atomic E-state index is -0.136. The van der Waals surface area contributed by atoms with E-state index < -0.39 is 0 Å². The fourth-order valence-electron chi connectivity index (χ4n) is 2.33. The molecule has 1 N–H and O–H groups in total. The van der Waals surface area contributed by atoms with Gasteiger partial charge in [0.15, 0.2) is 0 Å². The average Bonchev–Trinajstić information content (AvgIpc) is 3.15. The Kier molecular flexibility index (Phi) is 4.57.